The molecule has 11 heavy (non-hydrogen) atoms. The van der Waals surface area contributed by atoms with Gasteiger partial charge in [0.1, 0.15) is 0 Å². The minimum atomic E-state index is 0.514. The summed E-state index contributed by atoms with van der Waals surface area (Å²) in [6.07, 6.45) is 4.65. The Bertz CT molecular complexity index is 130. The summed E-state index contributed by atoms with van der Waals surface area (Å²) in [7, 11) is 0. The van der Waals surface area contributed by atoms with Gasteiger partial charge in [0.15, 0.2) is 0 Å². The molecule has 2 heteroatoms. The Kier molecular flexibility index (Phi) is 3.09. The van der Waals surface area contributed by atoms with E-state index in [1.807, 2.05) is 6.08 Å². The summed E-state index contributed by atoms with van der Waals surface area (Å²) in [5.41, 5.74) is 5.59. The van der Waals surface area contributed by atoms with Crippen molar-refractivity contribution in [1.82, 2.24) is 4.90 Å². The number of nitrogens with zero attached hydrogens (tertiary/aromatic N) is 1. The van der Waals surface area contributed by atoms with Gasteiger partial charge in [0.25, 0.3) is 0 Å². The molecule has 0 radical (unpaired) electrons. The first-order chi connectivity index (χ1) is 5.29. The van der Waals surface area contributed by atoms with Crippen LogP contribution in [-0.4, -0.2) is 30.1 Å². The molecule has 1 atom stereocenters. The van der Waals surface area contributed by atoms with E-state index >= 15 is 0 Å². The summed E-state index contributed by atoms with van der Waals surface area (Å²) in [4.78, 5) is 2.44. The predicted molar refractivity (Wildman–Crippen MR) is 48.4 cm³/mol. The van der Waals surface area contributed by atoms with Crippen LogP contribution in [0.5, 0.6) is 0 Å². The lowest BCUT2D eigenvalue weighted by Crippen LogP contribution is -2.39. The highest BCUT2D eigenvalue weighted by molar-refractivity contribution is 4.90. The summed E-state index contributed by atoms with van der Waals surface area (Å²) < 4.78 is 0. The highest BCUT2D eigenvalue weighted by Crippen LogP contribution is 2.27. The van der Waals surface area contributed by atoms with Gasteiger partial charge in [0.05, 0.1) is 0 Å². The van der Waals surface area contributed by atoms with Crippen molar-refractivity contribution < 1.29 is 0 Å². The van der Waals surface area contributed by atoms with Crippen LogP contribution in [0.2, 0.25) is 0 Å². The highest BCUT2D eigenvalue weighted by Gasteiger charge is 2.30. The molecule has 1 fully saturated rings. The minimum Gasteiger partial charge on any atom is -0.329 e. The van der Waals surface area contributed by atoms with Gasteiger partial charge in [-0.3, -0.25) is 4.90 Å². The molecule has 1 saturated carbocycles. The van der Waals surface area contributed by atoms with Gasteiger partial charge in [-0.15, -0.1) is 6.58 Å². The topological polar surface area (TPSA) is 29.3 Å². The zero-order chi connectivity index (χ0) is 8.27. The lowest BCUT2D eigenvalue weighted by molar-refractivity contribution is 0.226. The lowest BCUT2D eigenvalue weighted by atomic mass is 10.2. The molecule has 1 unspecified atom stereocenters. The molecule has 0 aromatic rings. The maximum atomic E-state index is 5.59. The molecule has 0 aliphatic heterocycles. The second-order valence-corrected chi connectivity index (χ2v) is 3.30. The second-order valence-electron chi connectivity index (χ2n) is 3.30. The van der Waals surface area contributed by atoms with Crippen molar-refractivity contribution in [3.63, 3.8) is 0 Å². The van der Waals surface area contributed by atoms with Gasteiger partial charge < -0.3 is 5.73 Å². The zero-order valence-electron chi connectivity index (χ0n) is 7.29. The molecule has 64 valence electrons. The van der Waals surface area contributed by atoms with E-state index < -0.39 is 0 Å². The standard InChI is InChI=1S/C9H18N2/c1-3-6-11(8(2)7-10)9-4-5-9/h3,8-9H,1,4-7,10H2,2H3. The molecular formula is C9H18N2. The molecular weight excluding hydrogens is 136 g/mol. The third kappa shape index (κ3) is 2.31. The number of rotatable bonds is 5. The van der Waals surface area contributed by atoms with E-state index in [-0.39, 0.29) is 0 Å². The quantitative estimate of drug-likeness (QED) is 0.598. The Morgan fingerprint density at radius 1 is 1.73 bits per heavy atom. The fourth-order valence-corrected chi connectivity index (χ4v) is 1.38. The average molecular weight is 154 g/mol. The summed E-state index contributed by atoms with van der Waals surface area (Å²) in [5, 5.41) is 0. The minimum absolute atomic E-state index is 0.514. The van der Waals surface area contributed by atoms with E-state index in [1.54, 1.807) is 0 Å². The van der Waals surface area contributed by atoms with E-state index in [4.69, 9.17) is 5.73 Å². The van der Waals surface area contributed by atoms with Crippen LogP contribution in [0.15, 0.2) is 12.7 Å². The van der Waals surface area contributed by atoms with Gasteiger partial charge in [0, 0.05) is 25.2 Å². The van der Waals surface area contributed by atoms with Crippen molar-refractivity contribution in [2.75, 3.05) is 13.1 Å². The van der Waals surface area contributed by atoms with E-state index in [0.29, 0.717) is 6.04 Å². The predicted octanol–water partition coefficient (Wildman–Crippen LogP) is 0.984. The molecule has 0 aromatic carbocycles. The molecule has 1 rings (SSSR count). The fraction of sp³-hybridized carbons (Fsp3) is 0.778. The SMILES string of the molecule is C=CCN(C(C)CN)C1CC1. The van der Waals surface area contributed by atoms with Crippen LogP contribution < -0.4 is 5.73 Å². The van der Waals surface area contributed by atoms with E-state index in [1.165, 1.54) is 12.8 Å². The molecule has 0 heterocycles. The maximum absolute atomic E-state index is 5.59. The maximum Gasteiger partial charge on any atom is 0.0196 e. The van der Waals surface area contributed by atoms with Crippen LogP contribution in [0.25, 0.3) is 0 Å². The summed E-state index contributed by atoms with van der Waals surface area (Å²) in [6, 6.07) is 1.31. The van der Waals surface area contributed by atoms with Crippen LogP contribution in [0.1, 0.15) is 19.8 Å². The van der Waals surface area contributed by atoms with E-state index in [0.717, 1.165) is 19.1 Å². The number of nitrogens with two attached hydrogens (primary N) is 1. The van der Waals surface area contributed by atoms with Gasteiger partial charge in [0.2, 0.25) is 0 Å². The van der Waals surface area contributed by atoms with Gasteiger partial charge in [-0.05, 0) is 19.8 Å². The van der Waals surface area contributed by atoms with E-state index in [9.17, 15) is 0 Å². The number of hydrogen-bond acceptors (Lipinski definition) is 2. The van der Waals surface area contributed by atoms with Crippen LogP contribution >= 0.6 is 0 Å². The lowest BCUT2D eigenvalue weighted by Gasteiger charge is -2.26. The molecule has 0 aromatic heterocycles. The van der Waals surface area contributed by atoms with Gasteiger partial charge >= 0.3 is 0 Å². The van der Waals surface area contributed by atoms with Crippen molar-refractivity contribution in [3.05, 3.63) is 12.7 Å². The van der Waals surface area contributed by atoms with Crippen LogP contribution in [0.4, 0.5) is 0 Å². The normalized spacial score (nSPS) is 20.3. The van der Waals surface area contributed by atoms with Crippen molar-refractivity contribution >= 4 is 0 Å². The highest BCUT2D eigenvalue weighted by atomic mass is 15.2. The third-order valence-electron chi connectivity index (χ3n) is 2.26. The Labute approximate surface area is 69.1 Å². The molecule has 2 nitrogen and oxygen atoms in total. The van der Waals surface area contributed by atoms with E-state index in [2.05, 4.69) is 18.4 Å². The summed E-state index contributed by atoms with van der Waals surface area (Å²) >= 11 is 0. The molecule has 0 spiro atoms. The summed E-state index contributed by atoms with van der Waals surface area (Å²) in [5.74, 6) is 0. The van der Waals surface area contributed by atoms with Gasteiger partial charge in [-0.2, -0.15) is 0 Å². The first-order valence-electron chi connectivity index (χ1n) is 4.36. The summed E-state index contributed by atoms with van der Waals surface area (Å²) in [6.45, 7) is 7.67. The molecule has 0 amide bonds. The molecule has 0 bridgehead atoms. The van der Waals surface area contributed by atoms with Gasteiger partial charge in [-0.25, -0.2) is 0 Å². The Balaban J connectivity index is 2.36. The van der Waals surface area contributed by atoms with Crippen LogP contribution in [0.3, 0.4) is 0 Å². The van der Waals surface area contributed by atoms with Gasteiger partial charge in [-0.1, -0.05) is 6.08 Å². The van der Waals surface area contributed by atoms with Crippen molar-refractivity contribution in [2.24, 2.45) is 5.73 Å². The van der Waals surface area contributed by atoms with Crippen molar-refractivity contribution in [3.8, 4) is 0 Å². The zero-order valence-corrected chi connectivity index (χ0v) is 7.29. The Morgan fingerprint density at radius 3 is 2.73 bits per heavy atom. The van der Waals surface area contributed by atoms with Crippen molar-refractivity contribution in [2.45, 2.75) is 31.8 Å². The van der Waals surface area contributed by atoms with Crippen LogP contribution in [-0.2, 0) is 0 Å². The Morgan fingerprint density at radius 2 is 2.36 bits per heavy atom. The largest absolute Gasteiger partial charge is 0.329 e. The first-order valence-corrected chi connectivity index (χ1v) is 4.36. The molecule has 1 aliphatic carbocycles. The number of hydrogen-bond donors (Lipinski definition) is 1. The van der Waals surface area contributed by atoms with Crippen molar-refractivity contribution in [1.29, 1.82) is 0 Å². The fourth-order valence-electron chi connectivity index (χ4n) is 1.38. The second kappa shape index (κ2) is 3.88. The molecule has 2 N–H and O–H groups in total. The third-order valence-corrected chi connectivity index (χ3v) is 2.26. The first kappa shape index (κ1) is 8.75. The molecule has 1 aliphatic rings. The smallest absolute Gasteiger partial charge is 0.0196 e. The average Bonchev–Trinajstić information content (AvgIpc) is 2.81. The van der Waals surface area contributed by atoms with Crippen LogP contribution in [0, 0.1) is 0 Å². The Hall–Kier alpha value is -0.340. The monoisotopic (exact) mass is 154 g/mol. The molecule has 0 saturated heterocycles.